The van der Waals surface area contributed by atoms with Crippen molar-refractivity contribution in [1.82, 2.24) is 14.5 Å². The van der Waals surface area contributed by atoms with Crippen molar-refractivity contribution in [1.29, 1.82) is 0 Å². The Kier molecular flexibility index (Phi) is 5.38. The van der Waals surface area contributed by atoms with Crippen LogP contribution in [0.25, 0.3) is 0 Å². The molecule has 0 unspecified atom stereocenters. The topological polar surface area (TPSA) is 41.3 Å². The molecule has 146 valence electrons. The van der Waals surface area contributed by atoms with Crippen LogP contribution in [-0.2, 0) is 18.7 Å². The molecule has 1 saturated heterocycles. The molecule has 27 heavy (non-hydrogen) atoms. The zero-order chi connectivity index (χ0) is 18.9. The summed E-state index contributed by atoms with van der Waals surface area (Å²) in [5.74, 6) is 0.939. The van der Waals surface area contributed by atoms with E-state index in [1.807, 2.05) is 18.6 Å². The summed E-state index contributed by atoms with van der Waals surface area (Å²) < 4.78 is 2.31. The van der Waals surface area contributed by atoms with Crippen LogP contribution in [0.2, 0.25) is 0 Å². The molecule has 0 radical (unpaired) electrons. The molecule has 0 spiro atoms. The van der Waals surface area contributed by atoms with E-state index in [0.717, 1.165) is 38.0 Å². The van der Waals surface area contributed by atoms with Crippen molar-refractivity contribution < 1.29 is 5.11 Å². The highest BCUT2D eigenvalue weighted by molar-refractivity contribution is 5.25. The van der Waals surface area contributed by atoms with Crippen molar-refractivity contribution in [3.8, 4) is 0 Å². The van der Waals surface area contributed by atoms with Gasteiger partial charge in [0.1, 0.15) is 0 Å². The predicted molar refractivity (Wildman–Crippen MR) is 108 cm³/mol. The summed E-state index contributed by atoms with van der Waals surface area (Å²) in [4.78, 5) is 7.03. The first-order chi connectivity index (χ1) is 13.1. The number of hydrogen-bond donors (Lipinski definition) is 1. The van der Waals surface area contributed by atoms with E-state index < -0.39 is 5.60 Å². The molecular formula is C23H33N3O. The molecule has 0 amide bonds. The van der Waals surface area contributed by atoms with Gasteiger partial charge >= 0.3 is 0 Å². The number of fused-ring (bicyclic) bond motifs is 1. The van der Waals surface area contributed by atoms with E-state index in [2.05, 4.69) is 52.6 Å². The number of aliphatic hydroxyl groups is 1. The fourth-order valence-corrected chi connectivity index (χ4v) is 5.30. The molecule has 2 fully saturated rings. The normalized spacial score (nSPS) is 29.0. The Morgan fingerprint density at radius 1 is 1.19 bits per heavy atom. The lowest BCUT2D eigenvalue weighted by Crippen LogP contribution is -2.57. The Morgan fingerprint density at radius 2 is 1.96 bits per heavy atom. The molecule has 3 atom stereocenters. The van der Waals surface area contributed by atoms with Gasteiger partial charge in [0.25, 0.3) is 0 Å². The van der Waals surface area contributed by atoms with Crippen LogP contribution in [0.3, 0.4) is 0 Å². The van der Waals surface area contributed by atoms with Crippen LogP contribution in [0.5, 0.6) is 0 Å². The number of aromatic nitrogens is 2. The summed E-state index contributed by atoms with van der Waals surface area (Å²) in [6.07, 6.45) is 9.63. The van der Waals surface area contributed by atoms with Crippen LogP contribution in [0.4, 0.5) is 0 Å². The van der Waals surface area contributed by atoms with E-state index in [1.165, 1.54) is 25.0 Å². The van der Waals surface area contributed by atoms with Crippen LogP contribution in [-0.4, -0.2) is 32.1 Å². The molecule has 1 aliphatic heterocycles. The number of piperidine rings is 1. The van der Waals surface area contributed by atoms with Crippen LogP contribution in [0.15, 0.2) is 42.9 Å². The van der Waals surface area contributed by atoms with Gasteiger partial charge in [-0.05, 0) is 30.7 Å². The maximum absolute atomic E-state index is 11.7. The number of nitrogens with zero attached hydrogens (tertiary/aromatic N) is 3. The Labute approximate surface area is 163 Å². The van der Waals surface area contributed by atoms with Crippen molar-refractivity contribution in [2.24, 2.45) is 11.8 Å². The third-order valence-corrected chi connectivity index (χ3v) is 6.59. The van der Waals surface area contributed by atoms with Gasteiger partial charge in [-0.2, -0.15) is 0 Å². The van der Waals surface area contributed by atoms with E-state index >= 15 is 0 Å². The monoisotopic (exact) mass is 367 g/mol. The number of benzene rings is 1. The van der Waals surface area contributed by atoms with E-state index in [4.69, 9.17) is 0 Å². The second-order valence-electron chi connectivity index (χ2n) is 8.90. The van der Waals surface area contributed by atoms with Gasteiger partial charge in [0.05, 0.1) is 17.6 Å². The van der Waals surface area contributed by atoms with Crippen molar-refractivity contribution in [3.05, 3.63) is 54.1 Å². The fourth-order valence-electron chi connectivity index (χ4n) is 5.30. The summed E-state index contributed by atoms with van der Waals surface area (Å²) in [7, 11) is 0. The summed E-state index contributed by atoms with van der Waals surface area (Å²) >= 11 is 0. The van der Waals surface area contributed by atoms with Gasteiger partial charge in [-0.3, -0.25) is 4.90 Å². The van der Waals surface area contributed by atoms with E-state index in [1.54, 1.807) is 0 Å². The highest BCUT2D eigenvalue weighted by Crippen LogP contribution is 2.47. The second kappa shape index (κ2) is 7.76. The molecule has 4 nitrogen and oxygen atoms in total. The molecule has 1 N–H and O–H groups in total. The largest absolute Gasteiger partial charge is 0.385 e. The zero-order valence-corrected chi connectivity index (χ0v) is 16.7. The minimum Gasteiger partial charge on any atom is -0.385 e. The fraction of sp³-hybridized carbons (Fsp3) is 0.609. The highest BCUT2D eigenvalue weighted by Gasteiger charge is 2.49. The van der Waals surface area contributed by atoms with Gasteiger partial charge < -0.3 is 9.67 Å². The molecule has 4 heteroatoms. The second-order valence-corrected chi connectivity index (χ2v) is 8.90. The third kappa shape index (κ3) is 3.70. The lowest BCUT2D eigenvalue weighted by Gasteiger charge is -2.52. The van der Waals surface area contributed by atoms with E-state index in [9.17, 15) is 5.11 Å². The van der Waals surface area contributed by atoms with Crippen molar-refractivity contribution in [2.45, 2.75) is 70.7 Å². The Bertz CT molecular complexity index is 741. The molecule has 1 aromatic carbocycles. The molecule has 1 saturated carbocycles. The van der Waals surface area contributed by atoms with Crippen LogP contribution < -0.4 is 0 Å². The smallest absolute Gasteiger partial charge is 0.0951 e. The molecule has 2 aromatic rings. The molecule has 4 rings (SSSR count). The Hall–Kier alpha value is -1.65. The van der Waals surface area contributed by atoms with Crippen LogP contribution in [0, 0.1) is 11.8 Å². The number of hydrogen-bond acceptors (Lipinski definition) is 3. The van der Waals surface area contributed by atoms with Gasteiger partial charge in [0, 0.05) is 37.8 Å². The summed E-state index contributed by atoms with van der Waals surface area (Å²) in [6.45, 7) is 7.41. The maximum Gasteiger partial charge on any atom is 0.0951 e. The lowest BCUT2D eigenvalue weighted by molar-refractivity contribution is -0.123. The zero-order valence-electron chi connectivity index (χ0n) is 16.7. The first kappa shape index (κ1) is 18.7. The summed E-state index contributed by atoms with van der Waals surface area (Å²) in [6, 6.07) is 10.8. The highest BCUT2D eigenvalue weighted by atomic mass is 16.3. The first-order valence-corrected chi connectivity index (χ1v) is 10.6. The lowest BCUT2D eigenvalue weighted by atomic mass is 9.66. The average Bonchev–Trinajstić information content (AvgIpc) is 3.11. The maximum atomic E-state index is 11.7. The van der Waals surface area contributed by atoms with Gasteiger partial charge in [-0.25, -0.2) is 4.98 Å². The Balaban J connectivity index is 1.56. The molecule has 1 aromatic heterocycles. The molecule has 0 bridgehead atoms. The predicted octanol–water partition coefficient (Wildman–Crippen LogP) is 4.19. The Morgan fingerprint density at radius 3 is 2.74 bits per heavy atom. The number of likely N-dealkylation sites (tertiary alicyclic amines) is 1. The van der Waals surface area contributed by atoms with Crippen molar-refractivity contribution >= 4 is 0 Å². The van der Waals surface area contributed by atoms with Gasteiger partial charge in [-0.1, -0.05) is 57.0 Å². The van der Waals surface area contributed by atoms with Crippen LogP contribution >= 0.6 is 0 Å². The van der Waals surface area contributed by atoms with Crippen molar-refractivity contribution in [2.75, 3.05) is 6.54 Å². The number of imidazole rings is 1. The minimum atomic E-state index is -0.680. The first-order valence-electron chi connectivity index (χ1n) is 10.6. The van der Waals surface area contributed by atoms with Gasteiger partial charge in [-0.15, -0.1) is 0 Å². The quantitative estimate of drug-likeness (QED) is 0.861. The molecule has 1 aliphatic carbocycles. The minimum absolute atomic E-state index is 0.323. The molecule has 2 heterocycles. The molecule has 2 aliphatic rings. The standard InChI is InChI=1S/C23H33N3O/c1-18(2)15-26-17-24-14-20(26)16-25-13-12-23(27,19-8-4-3-5-9-19)21-10-6-7-11-22(21)25/h3-5,8-9,14,17-18,21-22,27H,6-7,10-13,15-16H2,1-2H3/t21-,22-,23+/m0/s1. The number of rotatable bonds is 5. The van der Waals surface area contributed by atoms with E-state index in [0.29, 0.717) is 17.9 Å². The summed E-state index contributed by atoms with van der Waals surface area (Å²) in [5.41, 5.74) is 1.73. The van der Waals surface area contributed by atoms with E-state index in [-0.39, 0.29) is 0 Å². The van der Waals surface area contributed by atoms with Crippen LogP contribution in [0.1, 0.15) is 57.2 Å². The van der Waals surface area contributed by atoms with Gasteiger partial charge in [0.2, 0.25) is 0 Å². The average molecular weight is 368 g/mol. The van der Waals surface area contributed by atoms with Gasteiger partial charge in [0.15, 0.2) is 0 Å². The SMILES string of the molecule is CC(C)Cn1cncc1CN1CC[C@@](O)(c2ccccc2)[C@H]2CCCC[C@@H]21. The van der Waals surface area contributed by atoms with Crippen molar-refractivity contribution in [3.63, 3.8) is 0 Å². The summed E-state index contributed by atoms with van der Waals surface area (Å²) in [5, 5.41) is 11.7. The molecular weight excluding hydrogens is 334 g/mol. The third-order valence-electron chi connectivity index (χ3n) is 6.59.